The molecule has 4 aromatic rings. The van der Waals surface area contributed by atoms with Crippen molar-refractivity contribution in [3.05, 3.63) is 97.9 Å². The summed E-state index contributed by atoms with van der Waals surface area (Å²) < 4.78 is 11.7. The van der Waals surface area contributed by atoms with Crippen LogP contribution in [0.15, 0.2) is 58.3 Å². The Kier molecular flexibility index (Phi) is 5.37. The SMILES string of the molecule is C=CCOc1ccc(C2c3c(oc4cc(C)c(C)cc4c3=O)C(=O)N2c2nc(C)c(C)s2)cc1. The van der Waals surface area contributed by atoms with Crippen LogP contribution < -0.4 is 15.1 Å². The minimum Gasteiger partial charge on any atom is -0.490 e. The number of anilines is 1. The van der Waals surface area contributed by atoms with E-state index in [0.717, 1.165) is 27.3 Å². The highest BCUT2D eigenvalue weighted by Gasteiger charge is 2.45. The van der Waals surface area contributed by atoms with Gasteiger partial charge in [-0.3, -0.25) is 14.5 Å². The molecule has 1 amide bonds. The highest BCUT2D eigenvalue weighted by Crippen LogP contribution is 2.43. The van der Waals surface area contributed by atoms with Crippen LogP contribution >= 0.6 is 11.3 Å². The second-order valence-corrected chi connectivity index (χ2v) is 9.67. The van der Waals surface area contributed by atoms with Crippen LogP contribution in [-0.2, 0) is 0 Å². The average molecular weight is 473 g/mol. The van der Waals surface area contributed by atoms with Gasteiger partial charge in [0, 0.05) is 4.88 Å². The van der Waals surface area contributed by atoms with E-state index in [9.17, 15) is 9.59 Å². The predicted octanol–water partition coefficient (Wildman–Crippen LogP) is 5.80. The number of nitrogens with zero attached hydrogens (tertiary/aromatic N) is 2. The topological polar surface area (TPSA) is 72.6 Å². The summed E-state index contributed by atoms with van der Waals surface area (Å²) in [6, 6.07) is 10.4. The molecule has 1 aliphatic rings. The fourth-order valence-corrected chi connectivity index (χ4v) is 5.14. The van der Waals surface area contributed by atoms with E-state index in [1.165, 1.54) is 11.3 Å². The molecule has 1 aliphatic heterocycles. The van der Waals surface area contributed by atoms with E-state index < -0.39 is 6.04 Å². The molecule has 2 aromatic heterocycles. The molecule has 0 saturated carbocycles. The van der Waals surface area contributed by atoms with Gasteiger partial charge in [0.2, 0.25) is 5.76 Å². The number of hydrogen-bond donors (Lipinski definition) is 0. The summed E-state index contributed by atoms with van der Waals surface area (Å²) in [7, 11) is 0. The standard InChI is InChI=1S/C27H24N2O4S/c1-6-11-32-19-9-7-18(8-10-19)23-22-24(30)20-12-14(2)15(3)13-21(20)33-25(22)26(31)29(23)27-28-16(4)17(5)34-27/h6-10,12-13,23H,1,11H2,2-5H3. The minimum atomic E-state index is -0.650. The molecular weight excluding hydrogens is 448 g/mol. The number of thiazole rings is 1. The first-order valence-corrected chi connectivity index (χ1v) is 11.8. The third-order valence-electron chi connectivity index (χ3n) is 6.27. The molecule has 3 heterocycles. The summed E-state index contributed by atoms with van der Waals surface area (Å²) in [5, 5.41) is 1.01. The van der Waals surface area contributed by atoms with E-state index in [1.54, 1.807) is 11.0 Å². The van der Waals surface area contributed by atoms with Crippen molar-refractivity contribution >= 4 is 33.3 Å². The Labute approximate surface area is 201 Å². The molecule has 5 rings (SSSR count). The van der Waals surface area contributed by atoms with E-state index in [1.807, 2.05) is 64.1 Å². The number of carbonyl (C=O) groups is 1. The zero-order chi connectivity index (χ0) is 24.1. The highest BCUT2D eigenvalue weighted by atomic mass is 32.1. The van der Waals surface area contributed by atoms with Crippen LogP contribution in [0.25, 0.3) is 11.0 Å². The average Bonchev–Trinajstić information content (AvgIpc) is 3.30. The van der Waals surface area contributed by atoms with Crippen LogP contribution in [0.4, 0.5) is 5.13 Å². The molecule has 0 bridgehead atoms. The number of carbonyl (C=O) groups excluding carboxylic acids is 1. The maximum atomic E-state index is 13.8. The monoisotopic (exact) mass is 472 g/mol. The van der Waals surface area contributed by atoms with E-state index in [0.29, 0.717) is 34.0 Å². The van der Waals surface area contributed by atoms with Crippen LogP contribution in [-0.4, -0.2) is 17.5 Å². The quantitative estimate of drug-likeness (QED) is 0.343. The van der Waals surface area contributed by atoms with Crippen molar-refractivity contribution in [2.24, 2.45) is 0 Å². The molecule has 0 aliphatic carbocycles. The second kappa shape index (κ2) is 8.25. The number of aromatic nitrogens is 1. The number of rotatable bonds is 5. The molecule has 0 spiro atoms. The normalized spacial score (nSPS) is 15.1. The Morgan fingerprint density at radius 1 is 1.12 bits per heavy atom. The number of hydrogen-bond acceptors (Lipinski definition) is 6. The summed E-state index contributed by atoms with van der Waals surface area (Å²) in [5.41, 5.74) is 4.18. The van der Waals surface area contributed by atoms with Gasteiger partial charge in [-0.05, 0) is 68.7 Å². The molecule has 172 valence electrons. The van der Waals surface area contributed by atoms with Crippen molar-refractivity contribution in [1.82, 2.24) is 4.98 Å². The van der Waals surface area contributed by atoms with Gasteiger partial charge in [0.05, 0.1) is 22.7 Å². The molecule has 1 atom stereocenters. The Morgan fingerprint density at radius 2 is 1.82 bits per heavy atom. The first kappa shape index (κ1) is 22.1. The molecule has 7 heteroatoms. The van der Waals surface area contributed by atoms with Crippen LogP contribution in [0.5, 0.6) is 5.75 Å². The Balaban J connectivity index is 1.74. The fourth-order valence-electron chi connectivity index (χ4n) is 4.20. The maximum absolute atomic E-state index is 13.8. The van der Waals surface area contributed by atoms with Gasteiger partial charge in [-0.25, -0.2) is 4.98 Å². The molecule has 0 N–H and O–H groups in total. The molecule has 0 saturated heterocycles. The number of amides is 1. The largest absolute Gasteiger partial charge is 0.490 e. The van der Waals surface area contributed by atoms with Crippen LogP contribution in [0, 0.1) is 27.7 Å². The van der Waals surface area contributed by atoms with Gasteiger partial charge in [0.25, 0.3) is 5.91 Å². The van der Waals surface area contributed by atoms with Gasteiger partial charge >= 0.3 is 0 Å². The molecular formula is C27H24N2O4S. The van der Waals surface area contributed by atoms with E-state index in [2.05, 4.69) is 11.6 Å². The Bertz CT molecular complexity index is 1500. The lowest BCUT2D eigenvalue weighted by molar-refractivity contribution is 0.0971. The van der Waals surface area contributed by atoms with Crippen LogP contribution in [0.3, 0.4) is 0 Å². The Morgan fingerprint density at radius 3 is 2.47 bits per heavy atom. The van der Waals surface area contributed by atoms with Crippen molar-refractivity contribution in [1.29, 1.82) is 0 Å². The minimum absolute atomic E-state index is 0.0724. The second-order valence-electron chi connectivity index (χ2n) is 8.49. The van der Waals surface area contributed by atoms with Crippen molar-refractivity contribution < 1.29 is 13.9 Å². The van der Waals surface area contributed by atoms with Gasteiger partial charge in [-0.2, -0.15) is 0 Å². The first-order valence-electron chi connectivity index (χ1n) is 11.0. The summed E-state index contributed by atoms with van der Waals surface area (Å²) in [6.45, 7) is 11.8. The van der Waals surface area contributed by atoms with Gasteiger partial charge in [-0.15, -0.1) is 11.3 Å². The third kappa shape index (κ3) is 3.44. The van der Waals surface area contributed by atoms with E-state index in [-0.39, 0.29) is 17.1 Å². The van der Waals surface area contributed by atoms with Crippen LogP contribution in [0.2, 0.25) is 0 Å². The zero-order valence-corrected chi connectivity index (χ0v) is 20.3. The van der Waals surface area contributed by atoms with Crippen molar-refractivity contribution in [3.63, 3.8) is 0 Å². The summed E-state index contributed by atoms with van der Waals surface area (Å²) >= 11 is 1.43. The molecule has 2 aromatic carbocycles. The van der Waals surface area contributed by atoms with Gasteiger partial charge in [0.1, 0.15) is 17.9 Å². The lowest BCUT2D eigenvalue weighted by Gasteiger charge is -2.22. The maximum Gasteiger partial charge on any atom is 0.297 e. The number of ether oxygens (including phenoxy) is 1. The molecule has 34 heavy (non-hydrogen) atoms. The lowest BCUT2D eigenvalue weighted by atomic mass is 9.97. The van der Waals surface area contributed by atoms with Gasteiger partial charge in [0.15, 0.2) is 10.6 Å². The summed E-state index contributed by atoms with van der Waals surface area (Å²) in [5.74, 6) is 0.388. The fraction of sp³-hybridized carbons (Fsp3) is 0.222. The zero-order valence-electron chi connectivity index (χ0n) is 19.5. The summed E-state index contributed by atoms with van der Waals surface area (Å²) in [6.07, 6.45) is 1.68. The van der Waals surface area contributed by atoms with Gasteiger partial charge < -0.3 is 9.15 Å². The summed E-state index contributed by atoms with van der Waals surface area (Å²) in [4.78, 5) is 34.7. The Hall–Kier alpha value is -3.71. The molecule has 6 nitrogen and oxygen atoms in total. The first-order chi connectivity index (χ1) is 16.3. The lowest BCUT2D eigenvalue weighted by Crippen LogP contribution is -2.29. The van der Waals surface area contributed by atoms with Crippen LogP contribution in [0.1, 0.15) is 49.4 Å². The molecule has 1 unspecified atom stereocenters. The van der Waals surface area contributed by atoms with Crippen molar-refractivity contribution in [3.8, 4) is 5.75 Å². The molecule has 0 fully saturated rings. The number of aryl methyl sites for hydroxylation is 4. The number of fused-ring (bicyclic) bond motifs is 2. The highest BCUT2D eigenvalue weighted by molar-refractivity contribution is 7.15. The van der Waals surface area contributed by atoms with Crippen molar-refractivity contribution in [2.75, 3.05) is 11.5 Å². The molecule has 0 radical (unpaired) electrons. The van der Waals surface area contributed by atoms with Gasteiger partial charge in [-0.1, -0.05) is 24.8 Å². The number of benzene rings is 2. The van der Waals surface area contributed by atoms with Crippen molar-refractivity contribution in [2.45, 2.75) is 33.7 Å². The van der Waals surface area contributed by atoms with E-state index >= 15 is 0 Å². The third-order valence-corrected chi connectivity index (χ3v) is 7.35. The van der Waals surface area contributed by atoms with E-state index in [4.69, 9.17) is 9.15 Å². The smallest absolute Gasteiger partial charge is 0.297 e. The predicted molar refractivity (Wildman–Crippen MR) is 134 cm³/mol.